The first-order valence-electron chi connectivity index (χ1n) is 7.24. The summed E-state index contributed by atoms with van der Waals surface area (Å²) in [6.45, 7) is 8.48. The molecule has 2 aromatic rings. The average molecular weight is 266 g/mol. The Balaban J connectivity index is 1.88. The standard InChI is InChI=1S/C18H22N2/c1-12-4-5-15(8-13(12)2)11-20-7-6-16-9-14(3)17(19)10-18(16)20/h4-5,8-10H,6-7,11,19H2,1-3H3. The van der Waals surface area contributed by atoms with Crippen molar-refractivity contribution in [1.29, 1.82) is 0 Å². The Morgan fingerprint density at radius 3 is 2.55 bits per heavy atom. The molecule has 0 saturated heterocycles. The van der Waals surface area contributed by atoms with E-state index in [1.807, 2.05) is 0 Å². The summed E-state index contributed by atoms with van der Waals surface area (Å²) in [4.78, 5) is 2.44. The zero-order valence-electron chi connectivity index (χ0n) is 12.5. The van der Waals surface area contributed by atoms with E-state index in [4.69, 9.17) is 5.73 Å². The van der Waals surface area contributed by atoms with Crippen LogP contribution >= 0.6 is 0 Å². The molecular weight excluding hydrogens is 244 g/mol. The molecule has 2 N–H and O–H groups in total. The number of nitrogens with two attached hydrogens (primary N) is 1. The summed E-state index contributed by atoms with van der Waals surface area (Å²) in [5.74, 6) is 0. The van der Waals surface area contributed by atoms with Gasteiger partial charge in [0.2, 0.25) is 0 Å². The monoisotopic (exact) mass is 266 g/mol. The van der Waals surface area contributed by atoms with Crippen molar-refractivity contribution in [2.24, 2.45) is 0 Å². The van der Waals surface area contributed by atoms with Gasteiger partial charge in [-0.15, -0.1) is 0 Å². The Hall–Kier alpha value is -1.96. The molecule has 20 heavy (non-hydrogen) atoms. The topological polar surface area (TPSA) is 29.3 Å². The van der Waals surface area contributed by atoms with Gasteiger partial charge in [-0.05, 0) is 61.1 Å². The highest BCUT2D eigenvalue weighted by atomic mass is 15.1. The van der Waals surface area contributed by atoms with Gasteiger partial charge in [-0.3, -0.25) is 0 Å². The molecule has 0 aliphatic carbocycles. The molecule has 0 radical (unpaired) electrons. The third kappa shape index (κ3) is 2.26. The molecule has 104 valence electrons. The maximum absolute atomic E-state index is 6.07. The highest BCUT2D eigenvalue weighted by Gasteiger charge is 2.20. The predicted octanol–water partition coefficient (Wildman–Crippen LogP) is 3.76. The molecule has 0 saturated carbocycles. The van der Waals surface area contributed by atoms with Crippen LogP contribution in [0.4, 0.5) is 11.4 Å². The van der Waals surface area contributed by atoms with Crippen molar-refractivity contribution in [3.05, 3.63) is 58.1 Å². The highest BCUT2D eigenvalue weighted by Crippen LogP contribution is 2.33. The summed E-state index contributed by atoms with van der Waals surface area (Å²) >= 11 is 0. The van der Waals surface area contributed by atoms with E-state index in [1.165, 1.54) is 33.5 Å². The third-order valence-corrected chi connectivity index (χ3v) is 4.40. The Kier molecular flexibility index (Phi) is 3.17. The minimum atomic E-state index is 0.899. The molecule has 0 spiro atoms. The molecule has 0 aromatic heterocycles. The second kappa shape index (κ2) is 4.86. The molecule has 0 unspecified atom stereocenters. The summed E-state index contributed by atoms with van der Waals surface area (Å²) in [5.41, 5.74) is 15.0. The maximum atomic E-state index is 6.07. The zero-order chi connectivity index (χ0) is 14.3. The molecule has 3 rings (SSSR count). The second-order valence-corrected chi connectivity index (χ2v) is 5.93. The summed E-state index contributed by atoms with van der Waals surface area (Å²) in [5, 5.41) is 0. The van der Waals surface area contributed by atoms with Crippen LogP contribution in [0.2, 0.25) is 0 Å². The number of anilines is 2. The minimum Gasteiger partial charge on any atom is -0.398 e. The lowest BCUT2D eigenvalue weighted by atomic mass is 10.1. The van der Waals surface area contributed by atoms with Crippen molar-refractivity contribution >= 4 is 11.4 Å². The fourth-order valence-electron chi connectivity index (χ4n) is 2.93. The molecule has 2 nitrogen and oxygen atoms in total. The Morgan fingerprint density at radius 1 is 1.00 bits per heavy atom. The van der Waals surface area contributed by atoms with E-state index in [2.05, 4.69) is 56.0 Å². The lowest BCUT2D eigenvalue weighted by Crippen LogP contribution is -2.19. The lowest BCUT2D eigenvalue weighted by Gasteiger charge is -2.20. The molecule has 1 aliphatic heterocycles. The molecule has 0 bridgehead atoms. The Morgan fingerprint density at radius 2 is 1.80 bits per heavy atom. The van der Waals surface area contributed by atoms with E-state index in [0.29, 0.717) is 0 Å². The van der Waals surface area contributed by atoms with Crippen molar-refractivity contribution < 1.29 is 0 Å². The second-order valence-electron chi connectivity index (χ2n) is 5.93. The van der Waals surface area contributed by atoms with Gasteiger partial charge in [-0.25, -0.2) is 0 Å². The third-order valence-electron chi connectivity index (χ3n) is 4.40. The van der Waals surface area contributed by atoms with Crippen molar-refractivity contribution in [1.82, 2.24) is 0 Å². The van der Waals surface area contributed by atoms with Gasteiger partial charge in [0.1, 0.15) is 0 Å². The fraction of sp³-hybridized carbons (Fsp3) is 0.333. The average Bonchev–Trinajstić information content (AvgIpc) is 2.77. The van der Waals surface area contributed by atoms with E-state index in [-0.39, 0.29) is 0 Å². The number of nitrogen functional groups attached to an aromatic ring is 1. The number of rotatable bonds is 2. The van der Waals surface area contributed by atoms with E-state index in [9.17, 15) is 0 Å². The Labute approximate surface area is 121 Å². The van der Waals surface area contributed by atoms with Crippen LogP contribution in [0, 0.1) is 20.8 Å². The first-order chi connectivity index (χ1) is 9.54. The van der Waals surface area contributed by atoms with Crippen molar-refractivity contribution in [2.45, 2.75) is 33.7 Å². The quantitative estimate of drug-likeness (QED) is 0.839. The van der Waals surface area contributed by atoms with Crippen LogP contribution in [-0.2, 0) is 13.0 Å². The van der Waals surface area contributed by atoms with Crippen LogP contribution in [0.15, 0.2) is 30.3 Å². The predicted molar refractivity (Wildman–Crippen MR) is 86.3 cm³/mol. The highest BCUT2D eigenvalue weighted by molar-refractivity contribution is 5.67. The van der Waals surface area contributed by atoms with Crippen LogP contribution in [0.25, 0.3) is 0 Å². The molecular formula is C18H22N2. The van der Waals surface area contributed by atoms with Crippen molar-refractivity contribution in [3.63, 3.8) is 0 Å². The Bertz CT molecular complexity index is 659. The molecule has 1 aliphatic rings. The molecule has 0 amide bonds. The molecule has 0 atom stereocenters. The number of fused-ring (bicyclic) bond motifs is 1. The molecule has 1 heterocycles. The number of hydrogen-bond acceptors (Lipinski definition) is 2. The first-order valence-corrected chi connectivity index (χ1v) is 7.24. The fourth-order valence-corrected chi connectivity index (χ4v) is 2.93. The SMILES string of the molecule is Cc1ccc(CN2CCc3cc(C)c(N)cc32)cc1C. The van der Waals surface area contributed by atoms with Gasteiger partial charge >= 0.3 is 0 Å². The number of aryl methyl sites for hydroxylation is 3. The number of benzene rings is 2. The van der Waals surface area contributed by atoms with E-state index in [0.717, 1.165) is 25.2 Å². The molecule has 2 aromatic carbocycles. The van der Waals surface area contributed by atoms with Gasteiger partial charge in [0.05, 0.1) is 0 Å². The van der Waals surface area contributed by atoms with E-state index in [1.54, 1.807) is 0 Å². The van der Waals surface area contributed by atoms with E-state index < -0.39 is 0 Å². The largest absolute Gasteiger partial charge is 0.398 e. The van der Waals surface area contributed by atoms with Gasteiger partial charge in [-0.1, -0.05) is 24.3 Å². The van der Waals surface area contributed by atoms with E-state index >= 15 is 0 Å². The smallest absolute Gasteiger partial charge is 0.0429 e. The van der Waals surface area contributed by atoms with Crippen LogP contribution in [0.5, 0.6) is 0 Å². The van der Waals surface area contributed by atoms with Crippen LogP contribution in [0.3, 0.4) is 0 Å². The lowest BCUT2D eigenvalue weighted by molar-refractivity contribution is 0.835. The van der Waals surface area contributed by atoms with Crippen molar-refractivity contribution in [3.8, 4) is 0 Å². The summed E-state index contributed by atoms with van der Waals surface area (Å²) in [7, 11) is 0. The molecule has 2 heteroatoms. The van der Waals surface area contributed by atoms with Gasteiger partial charge in [0.25, 0.3) is 0 Å². The van der Waals surface area contributed by atoms with Crippen LogP contribution in [0.1, 0.15) is 27.8 Å². The summed E-state index contributed by atoms with van der Waals surface area (Å²) < 4.78 is 0. The van der Waals surface area contributed by atoms with Crippen LogP contribution < -0.4 is 10.6 Å². The van der Waals surface area contributed by atoms with Gasteiger partial charge in [0.15, 0.2) is 0 Å². The van der Waals surface area contributed by atoms with Gasteiger partial charge < -0.3 is 10.6 Å². The van der Waals surface area contributed by atoms with Gasteiger partial charge in [-0.2, -0.15) is 0 Å². The molecule has 0 fully saturated rings. The minimum absolute atomic E-state index is 0.899. The van der Waals surface area contributed by atoms with Gasteiger partial charge in [0, 0.05) is 24.5 Å². The normalized spacial score (nSPS) is 13.7. The number of nitrogens with zero attached hydrogens (tertiary/aromatic N) is 1. The zero-order valence-corrected chi connectivity index (χ0v) is 12.5. The number of hydrogen-bond donors (Lipinski definition) is 1. The maximum Gasteiger partial charge on any atom is 0.0429 e. The summed E-state index contributed by atoms with van der Waals surface area (Å²) in [6, 6.07) is 11.1. The van der Waals surface area contributed by atoms with Crippen LogP contribution in [-0.4, -0.2) is 6.54 Å². The van der Waals surface area contributed by atoms with Crippen molar-refractivity contribution in [2.75, 3.05) is 17.2 Å². The first kappa shape index (κ1) is 13.0. The summed E-state index contributed by atoms with van der Waals surface area (Å²) in [6.07, 6.45) is 1.13.